The Bertz CT molecular complexity index is 701. The summed E-state index contributed by atoms with van der Waals surface area (Å²) in [5, 5.41) is 6.90. The first-order valence-corrected chi connectivity index (χ1v) is 9.32. The van der Waals surface area contributed by atoms with E-state index in [0.29, 0.717) is 24.1 Å². The van der Waals surface area contributed by atoms with Crippen molar-refractivity contribution in [2.75, 3.05) is 25.0 Å². The zero-order chi connectivity index (χ0) is 16.0. The number of morpholine rings is 1. The molecule has 5 nitrogen and oxygen atoms in total. The SMILES string of the molecule is Cc1nc(N[C@@H]2C[C@H]3CO[C@@H](C(C)C)CN3C2)c2ccsc2n1. The second kappa shape index (κ2) is 6.00. The second-order valence-corrected chi connectivity index (χ2v) is 7.95. The smallest absolute Gasteiger partial charge is 0.138 e. The molecule has 0 unspecified atom stereocenters. The number of fused-ring (bicyclic) bond motifs is 2. The number of rotatable bonds is 3. The molecule has 0 saturated carbocycles. The number of nitrogens with zero attached hydrogens (tertiary/aromatic N) is 3. The molecule has 0 radical (unpaired) electrons. The molecule has 2 aromatic rings. The van der Waals surface area contributed by atoms with Crippen molar-refractivity contribution in [3.05, 3.63) is 17.3 Å². The molecule has 0 bridgehead atoms. The average molecular weight is 332 g/mol. The minimum atomic E-state index is 0.370. The minimum Gasteiger partial charge on any atom is -0.375 e. The van der Waals surface area contributed by atoms with E-state index in [0.717, 1.165) is 48.0 Å². The van der Waals surface area contributed by atoms with E-state index in [1.807, 2.05) is 6.92 Å². The molecular formula is C17H24N4OS. The highest BCUT2D eigenvalue weighted by Crippen LogP contribution is 2.30. The van der Waals surface area contributed by atoms with Crippen molar-refractivity contribution in [2.45, 2.75) is 45.4 Å². The number of nitrogens with one attached hydrogen (secondary N) is 1. The van der Waals surface area contributed by atoms with Crippen LogP contribution in [0.3, 0.4) is 0 Å². The van der Waals surface area contributed by atoms with Gasteiger partial charge >= 0.3 is 0 Å². The van der Waals surface area contributed by atoms with Crippen LogP contribution in [-0.4, -0.2) is 52.8 Å². The van der Waals surface area contributed by atoms with Crippen molar-refractivity contribution in [1.82, 2.24) is 14.9 Å². The number of thiophene rings is 1. The fourth-order valence-electron chi connectivity index (χ4n) is 3.67. The summed E-state index contributed by atoms with van der Waals surface area (Å²) in [6.45, 7) is 9.44. The van der Waals surface area contributed by atoms with Crippen molar-refractivity contribution in [2.24, 2.45) is 5.92 Å². The maximum atomic E-state index is 6.04. The molecule has 2 aromatic heterocycles. The highest BCUT2D eigenvalue weighted by Gasteiger charge is 2.38. The van der Waals surface area contributed by atoms with Crippen LogP contribution in [0, 0.1) is 12.8 Å². The van der Waals surface area contributed by atoms with Gasteiger partial charge in [0.25, 0.3) is 0 Å². The van der Waals surface area contributed by atoms with E-state index in [2.05, 4.69) is 45.5 Å². The zero-order valence-electron chi connectivity index (χ0n) is 14.0. The Labute approximate surface area is 141 Å². The van der Waals surface area contributed by atoms with E-state index in [1.165, 1.54) is 0 Å². The molecule has 0 spiro atoms. The largest absolute Gasteiger partial charge is 0.375 e. The fourth-order valence-corrected chi connectivity index (χ4v) is 4.48. The van der Waals surface area contributed by atoms with Gasteiger partial charge in [-0.05, 0) is 30.7 Å². The Morgan fingerprint density at radius 3 is 3.04 bits per heavy atom. The van der Waals surface area contributed by atoms with Crippen LogP contribution >= 0.6 is 11.3 Å². The summed E-state index contributed by atoms with van der Waals surface area (Å²) in [6.07, 6.45) is 1.49. The molecule has 1 N–H and O–H groups in total. The Balaban J connectivity index is 1.49. The molecule has 2 saturated heterocycles. The lowest BCUT2D eigenvalue weighted by molar-refractivity contribution is -0.0683. The van der Waals surface area contributed by atoms with Crippen LogP contribution in [0.15, 0.2) is 11.4 Å². The molecule has 6 heteroatoms. The third-order valence-electron chi connectivity index (χ3n) is 4.97. The molecule has 4 heterocycles. The van der Waals surface area contributed by atoms with Gasteiger partial charge in [0.2, 0.25) is 0 Å². The standard InChI is InChI=1S/C17H24N4OS/c1-10(2)15-8-21-7-12(6-13(21)9-22-15)20-16-14-4-5-23-17(14)19-11(3)18-16/h4-5,10,12-13,15H,6-9H2,1-3H3,(H,18,19,20)/t12-,13+,15-/m1/s1. The molecule has 0 amide bonds. The minimum absolute atomic E-state index is 0.370. The van der Waals surface area contributed by atoms with Crippen molar-refractivity contribution < 1.29 is 4.74 Å². The summed E-state index contributed by atoms with van der Waals surface area (Å²) in [5.41, 5.74) is 0. The number of ether oxygens (including phenoxy) is 1. The summed E-state index contributed by atoms with van der Waals surface area (Å²) >= 11 is 1.68. The number of anilines is 1. The average Bonchev–Trinajstić information content (AvgIpc) is 3.11. The highest BCUT2D eigenvalue weighted by atomic mass is 32.1. The van der Waals surface area contributed by atoms with Gasteiger partial charge in [-0.15, -0.1) is 11.3 Å². The molecule has 0 aliphatic carbocycles. The van der Waals surface area contributed by atoms with Crippen LogP contribution in [0.4, 0.5) is 5.82 Å². The predicted molar refractivity (Wildman–Crippen MR) is 94.1 cm³/mol. The molecule has 2 aliphatic heterocycles. The lowest BCUT2D eigenvalue weighted by atomic mass is 10.0. The van der Waals surface area contributed by atoms with Crippen molar-refractivity contribution in [3.63, 3.8) is 0 Å². The number of aryl methyl sites for hydroxylation is 1. The molecule has 4 rings (SSSR count). The lowest BCUT2D eigenvalue weighted by Crippen LogP contribution is -2.48. The van der Waals surface area contributed by atoms with Crippen LogP contribution in [-0.2, 0) is 4.74 Å². The summed E-state index contributed by atoms with van der Waals surface area (Å²) in [5.74, 6) is 2.40. The predicted octanol–water partition coefficient (Wildman–Crippen LogP) is 2.91. The second-order valence-electron chi connectivity index (χ2n) is 7.06. The van der Waals surface area contributed by atoms with Crippen molar-refractivity contribution in [1.29, 1.82) is 0 Å². The first-order chi connectivity index (χ1) is 11.1. The zero-order valence-corrected chi connectivity index (χ0v) is 14.8. The Kier molecular flexibility index (Phi) is 3.99. The molecule has 3 atom stereocenters. The number of hydrogen-bond donors (Lipinski definition) is 1. The van der Waals surface area contributed by atoms with Crippen LogP contribution < -0.4 is 5.32 Å². The van der Waals surface area contributed by atoms with Crippen molar-refractivity contribution >= 4 is 27.4 Å². The van der Waals surface area contributed by atoms with E-state index < -0.39 is 0 Å². The molecule has 23 heavy (non-hydrogen) atoms. The van der Waals surface area contributed by atoms with E-state index in [9.17, 15) is 0 Å². The van der Waals surface area contributed by atoms with E-state index in [4.69, 9.17) is 4.74 Å². The molecule has 2 aliphatic rings. The van der Waals surface area contributed by atoms with Gasteiger partial charge in [0, 0.05) is 25.2 Å². The number of aromatic nitrogens is 2. The van der Waals surface area contributed by atoms with Gasteiger partial charge < -0.3 is 10.1 Å². The van der Waals surface area contributed by atoms with E-state index >= 15 is 0 Å². The Hall–Kier alpha value is -1.24. The molecule has 124 valence electrons. The van der Waals surface area contributed by atoms with Crippen molar-refractivity contribution in [3.8, 4) is 0 Å². The highest BCUT2D eigenvalue weighted by molar-refractivity contribution is 7.16. The Morgan fingerprint density at radius 1 is 1.35 bits per heavy atom. The van der Waals surface area contributed by atoms with Gasteiger partial charge in [-0.3, -0.25) is 4.90 Å². The lowest BCUT2D eigenvalue weighted by Gasteiger charge is -2.36. The molecule has 2 fully saturated rings. The van der Waals surface area contributed by atoms with Gasteiger partial charge in [-0.2, -0.15) is 0 Å². The van der Waals surface area contributed by atoms with Crippen LogP contribution in [0.5, 0.6) is 0 Å². The van der Waals surface area contributed by atoms with Gasteiger partial charge in [-0.25, -0.2) is 9.97 Å². The van der Waals surface area contributed by atoms with Crippen LogP contribution in [0.2, 0.25) is 0 Å². The summed E-state index contributed by atoms with van der Waals surface area (Å²) in [7, 11) is 0. The third kappa shape index (κ3) is 2.95. The topological polar surface area (TPSA) is 50.3 Å². The maximum absolute atomic E-state index is 6.04. The Morgan fingerprint density at radius 2 is 2.22 bits per heavy atom. The first-order valence-electron chi connectivity index (χ1n) is 8.44. The monoisotopic (exact) mass is 332 g/mol. The third-order valence-corrected chi connectivity index (χ3v) is 5.77. The molecular weight excluding hydrogens is 308 g/mol. The van der Waals surface area contributed by atoms with Crippen LogP contribution in [0.25, 0.3) is 10.2 Å². The first kappa shape index (κ1) is 15.3. The normalized spacial score (nSPS) is 28.4. The van der Waals surface area contributed by atoms with Gasteiger partial charge in [0.1, 0.15) is 16.5 Å². The maximum Gasteiger partial charge on any atom is 0.138 e. The number of hydrogen-bond acceptors (Lipinski definition) is 6. The quantitative estimate of drug-likeness (QED) is 0.936. The van der Waals surface area contributed by atoms with E-state index in [-0.39, 0.29) is 0 Å². The summed E-state index contributed by atoms with van der Waals surface area (Å²) in [6, 6.07) is 3.09. The summed E-state index contributed by atoms with van der Waals surface area (Å²) < 4.78 is 6.04. The van der Waals surface area contributed by atoms with Gasteiger partial charge in [0.15, 0.2) is 0 Å². The van der Waals surface area contributed by atoms with E-state index in [1.54, 1.807) is 11.3 Å². The van der Waals surface area contributed by atoms with Gasteiger partial charge in [0.05, 0.1) is 18.1 Å². The fraction of sp³-hybridized carbons (Fsp3) is 0.647. The van der Waals surface area contributed by atoms with Gasteiger partial charge in [-0.1, -0.05) is 13.8 Å². The molecule has 0 aromatic carbocycles. The van der Waals surface area contributed by atoms with Crippen LogP contribution in [0.1, 0.15) is 26.1 Å². The summed E-state index contributed by atoms with van der Waals surface area (Å²) in [4.78, 5) is 12.8.